The highest BCUT2D eigenvalue weighted by molar-refractivity contribution is 9.10. The maximum Gasteiger partial charge on any atom is 0.250 e. The van der Waals surface area contributed by atoms with Crippen LogP contribution >= 0.6 is 27.3 Å². The normalized spacial score (nSPS) is 10.3. The summed E-state index contributed by atoms with van der Waals surface area (Å²) in [6.45, 7) is 0.625. The van der Waals surface area contributed by atoms with E-state index >= 15 is 0 Å². The Morgan fingerprint density at radius 3 is 2.78 bits per heavy atom. The van der Waals surface area contributed by atoms with E-state index in [-0.39, 0.29) is 0 Å². The second-order valence-electron chi connectivity index (χ2n) is 3.75. The van der Waals surface area contributed by atoms with E-state index in [1.54, 1.807) is 29.5 Å². The molecule has 2 aromatic rings. The summed E-state index contributed by atoms with van der Waals surface area (Å²) in [6.07, 6.45) is 0. The van der Waals surface area contributed by atoms with Crippen molar-refractivity contribution in [2.75, 3.05) is 11.1 Å². The lowest BCUT2D eigenvalue weighted by molar-refractivity contribution is 0.100. The van der Waals surface area contributed by atoms with E-state index in [1.807, 2.05) is 11.4 Å². The van der Waals surface area contributed by atoms with Crippen LogP contribution in [-0.4, -0.2) is 5.91 Å². The van der Waals surface area contributed by atoms with Crippen molar-refractivity contribution in [1.82, 2.24) is 0 Å². The molecule has 94 valence electrons. The van der Waals surface area contributed by atoms with Crippen molar-refractivity contribution in [3.05, 3.63) is 44.6 Å². The highest BCUT2D eigenvalue weighted by atomic mass is 79.9. The summed E-state index contributed by atoms with van der Waals surface area (Å²) in [5.41, 5.74) is 12.7. The van der Waals surface area contributed by atoms with E-state index in [0.717, 1.165) is 9.35 Å². The molecule has 5 N–H and O–H groups in total. The number of thiophene rings is 1. The van der Waals surface area contributed by atoms with Crippen molar-refractivity contribution in [3.8, 4) is 0 Å². The molecule has 0 radical (unpaired) electrons. The first-order valence-electron chi connectivity index (χ1n) is 5.22. The second-order valence-corrected chi connectivity index (χ2v) is 5.67. The number of anilines is 2. The molecule has 0 aliphatic heterocycles. The number of rotatable bonds is 4. The Hall–Kier alpha value is -1.53. The van der Waals surface area contributed by atoms with Crippen LogP contribution in [0.3, 0.4) is 0 Å². The van der Waals surface area contributed by atoms with Crippen molar-refractivity contribution in [1.29, 1.82) is 0 Å². The highest BCUT2D eigenvalue weighted by Crippen LogP contribution is 2.23. The summed E-state index contributed by atoms with van der Waals surface area (Å²) in [4.78, 5) is 12.4. The minimum absolute atomic E-state index is 0.444. The molecule has 0 fully saturated rings. The van der Waals surface area contributed by atoms with Gasteiger partial charge in [-0.1, -0.05) is 0 Å². The van der Waals surface area contributed by atoms with E-state index in [2.05, 4.69) is 21.2 Å². The molecule has 0 aliphatic rings. The average molecular weight is 326 g/mol. The van der Waals surface area contributed by atoms with Gasteiger partial charge in [0.15, 0.2) is 0 Å². The number of amides is 1. The first kappa shape index (κ1) is 12.9. The van der Waals surface area contributed by atoms with Crippen LogP contribution in [0.1, 0.15) is 15.2 Å². The zero-order valence-electron chi connectivity index (χ0n) is 9.44. The minimum atomic E-state index is -0.468. The van der Waals surface area contributed by atoms with Gasteiger partial charge in [0.1, 0.15) is 0 Å². The number of carbonyl (C=O) groups excluding carboxylic acids is 1. The first-order valence-corrected chi connectivity index (χ1v) is 6.89. The number of nitrogens with two attached hydrogens (primary N) is 2. The van der Waals surface area contributed by atoms with Crippen molar-refractivity contribution >= 4 is 44.5 Å². The summed E-state index contributed by atoms with van der Waals surface area (Å²) >= 11 is 5.03. The van der Waals surface area contributed by atoms with Gasteiger partial charge in [-0.25, -0.2) is 0 Å². The summed E-state index contributed by atoms with van der Waals surface area (Å²) in [5.74, 6) is -0.468. The van der Waals surface area contributed by atoms with Gasteiger partial charge < -0.3 is 16.8 Å². The lowest BCUT2D eigenvalue weighted by Crippen LogP contribution is -2.14. The van der Waals surface area contributed by atoms with Crippen molar-refractivity contribution in [3.63, 3.8) is 0 Å². The van der Waals surface area contributed by atoms with Crippen molar-refractivity contribution in [2.45, 2.75) is 6.54 Å². The molecule has 0 saturated carbocycles. The van der Waals surface area contributed by atoms with Crippen molar-refractivity contribution < 1.29 is 4.79 Å². The molecule has 0 bridgehead atoms. The third kappa shape index (κ3) is 3.02. The average Bonchev–Trinajstić information content (AvgIpc) is 2.72. The fourth-order valence-electron chi connectivity index (χ4n) is 1.55. The Morgan fingerprint density at radius 2 is 2.17 bits per heavy atom. The lowest BCUT2D eigenvalue weighted by Gasteiger charge is -2.10. The molecule has 1 aromatic heterocycles. The molecule has 4 nitrogen and oxygen atoms in total. The molecule has 0 spiro atoms. The monoisotopic (exact) mass is 325 g/mol. The Morgan fingerprint density at radius 1 is 1.39 bits per heavy atom. The third-order valence-corrected chi connectivity index (χ3v) is 4.08. The predicted molar refractivity (Wildman–Crippen MR) is 78.7 cm³/mol. The van der Waals surface area contributed by atoms with Crippen LogP contribution in [0.25, 0.3) is 0 Å². The Balaban J connectivity index is 2.17. The van der Waals surface area contributed by atoms with Crippen molar-refractivity contribution in [2.24, 2.45) is 5.73 Å². The fourth-order valence-corrected chi connectivity index (χ4v) is 2.94. The van der Waals surface area contributed by atoms with Crippen LogP contribution in [0.4, 0.5) is 11.4 Å². The van der Waals surface area contributed by atoms with Gasteiger partial charge in [-0.3, -0.25) is 4.79 Å². The molecule has 1 amide bonds. The largest absolute Gasteiger partial charge is 0.399 e. The van der Waals surface area contributed by atoms with E-state index in [4.69, 9.17) is 11.5 Å². The predicted octanol–water partition coefficient (Wildman–Crippen LogP) is 2.80. The number of halogens is 1. The van der Waals surface area contributed by atoms with Gasteiger partial charge in [0.05, 0.1) is 5.56 Å². The number of primary amides is 1. The zero-order valence-corrected chi connectivity index (χ0v) is 11.8. The lowest BCUT2D eigenvalue weighted by atomic mass is 10.1. The summed E-state index contributed by atoms with van der Waals surface area (Å²) < 4.78 is 1.05. The topological polar surface area (TPSA) is 81.1 Å². The van der Waals surface area contributed by atoms with E-state index in [0.29, 0.717) is 23.5 Å². The molecule has 2 rings (SSSR count). The fraction of sp³-hybridized carbons (Fsp3) is 0.0833. The maximum absolute atomic E-state index is 11.3. The SMILES string of the molecule is NC(=O)c1ccc(N)cc1NCc1cc(Br)cs1. The first-order chi connectivity index (χ1) is 8.56. The van der Waals surface area contributed by atoms with Crippen LogP contribution < -0.4 is 16.8 Å². The Labute approximate surface area is 117 Å². The molecule has 0 atom stereocenters. The quantitative estimate of drug-likeness (QED) is 0.756. The van der Waals surface area contributed by atoms with Crippen LogP contribution in [0.5, 0.6) is 0 Å². The van der Waals surface area contributed by atoms with Gasteiger partial charge in [-0.15, -0.1) is 11.3 Å². The number of hydrogen-bond donors (Lipinski definition) is 3. The summed E-state index contributed by atoms with van der Waals surface area (Å²) in [6, 6.07) is 7.02. The summed E-state index contributed by atoms with van der Waals surface area (Å²) in [7, 11) is 0. The van der Waals surface area contributed by atoms with Gasteiger partial charge in [0.25, 0.3) is 5.91 Å². The molecule has 18 heavy (non-hydrogen) atoms. The molecular formula is C12H12BrN3OS. The smallest absolute Gasteiger partial charge is 0.250 e. The van der Waals surface area contributed by atoms with Gasteiger partial charge in [0, 0.05) is 32.6 Å². The number of benzene rings is 1. The molecular weight excluding hydrogens is 314 g/mol. The zero-order chi connectivity index (χ0) is 13.1. The van der Waals surface area contributed by atoms with Gasteiger partial charge in [-0.2, -0.15) is 0 Å². The molecule has 0 aliphatic carbocycles. The molecule has 1 aromatic carbocycles. The minimum Gasteiger partial charge on any atom is -0.399 e. The Kier molecular flexibility index (Phi) is 3.88. The second kappa shape index (κ2) is 5.41. The van der Waals surface area contributed by atoms with Crippen LogP contribution in [-0.2, 0) is 6.54 Å². The van der Waals surface area contributed by atoms with Gasteiger partial charge in [0.2, 0.25) is 0 Å². The molecule has 1 heterocycles. The van der Waals surface area contributed by atoms with E-state index < -0.39 is 5.91 Å². The van der Waals surface area contributed by atoms with Crippen LogP contribution in [0, 0.1) is 0 Å². The Bertz CT molecular complexity index is 582. The standard InChI is InChI=1S/C12H12BrN3OS/c13-7-3-9(18-6-7)5-16-11-4-8(14)1-2-10(11)12(15)17/h1-4,6,16H,5,14H2,(H2,15,17). The van der Waals surface area contributed by atoms with E-state index in [9.17, 15) is 4.79 Å². The summed E-state index contributed by atoms with van der Waals surface area (Å²) in [5, 5.41) is 5.18. The molecule has 6 heteroatoms. The molecule has 0 unspecified atom stereocenters. The number of nitrogens with one attached hydrogen (secondary N) is 1. The highest BCUT2D eigenvalue weighted by Gasteiger charge is 2.08. The molecule has 0 saturated heterocycles. The van der Waals surface area contributed by atoms with Crippen LogP contribution in [0.15, 0.2) is 34.1 Å². The van der Waals surface area contributed by atoms with Gasteiger partial charge >= 0.3 is 0 Å². The number of nitrogen functional groups attached to an aromatic ring is 1. The number of hydrogen-bond acceptors (Lipinski definition) is 4. The van der Waals surface area contributed by atoms with Crippen LogP contribution in [0.2, 0.25) is 0 Å². The number of carbonyl (C=O) groups is 1. The maximum atomic E-state index is 11.3. The third-order valence-electron chi connectivity index (χ3n) is 2.38. The van der Waals surface area contributed by atoms with E-state index in [1.165, 1.54) is 0 Å². The van der Waals surface area contributed by atoms with Gasteiger partial charge in [-0.05, 0) is 40.2 Å².